The molecule has 1 aromatic carbocycles. The molecule has 108 valence electrons. The SMILES string of the molecule is Cc1ccc(S(=O)(=O)N(CC(C)C)C(C)C)cc1N. The van der Waals surface area contributed by atoms with E-state index in [2.05, 4.69) is 0 Å². The summed E-state index contributed by atoms with van der Waals surface area (Å²) in [5, 5.41) is 0. The Bertz CT molecular complexity index is 536. The third-order valence-corrected chi connectivity index (χ3v) is 5.02. The Balaban J connectivity index is 3.22. The van der Waals surface area contributed by atoms with E-state index >= 15 is 0 Å². The van der Waals surface area contributed by atoms with Crippen molar-refractivity contribution in [2.45, 2.75) is 45.6 Å². The van der Waals surface area contributed by atoms with E-state index < -0.39 is 10.0 Å². The van der Waals surface area contributed by atoms with Gasteiger partial charge in [0.1, 0.15) is 0 Å². The fourth-order valence-electron chi connectivity index (χ4n) is 1.86. The van der Waals surface area contributed by atoms with Crippen molar-refractivity contribution in [1.82, 2.24) is 4.31 Å². The molecule has 0 aromatic heterocycles. The minimum Gasteiger partial charge on any atom is -0.398 e. The second kappa shape index (κ2) is 5.92. The molecule has 0 aliphatic carbocycles. The maximum atomic E-state index is 12.6. The lowest BCUT2D eigenvalue weighted by Gasteiger charge is -2.27. The van der Waals surface area contributed by atoms with Gasteiger partial charge in [0.15, 0.2) is 0 Å². The summed E-state index contributed by atoms with van der Waals surface area (Å²) in [4.78, 5) is 0.268. The molecule has 1 rings (SSSR count). The number of hydrogen-bond donors (Lipinski definition) is 1. The molecule has 0 atom stereocenters. The van der Waals surface area contributed by atoms with Crippen molar-refractivity contribution in [3.63, 3.8) is 0 Å². The highest BCUT2D eigenvalue weighted by molar-refractivity contribution is 7.89. The van der Waals surface area contributed by atoms with Crippen LogP contribution in [0.5, 0.6) is 0 Å². The normalized spacial score (nSPS) is 12.6. The van der Waals surface area contributed by atoms with Crippen molar-refractivity contribution in [3.8, 4) is 0 Å². The average molecular weight is 284 g/mol. The van der Waals surface area contributed by atoms with E-state index in [-0.39, 0.29) is 16.9 Å². The smallest absolute Gasteiger partial charge is 0.243 e. The Morgan fingerprint density at radius 2 is 1.79 bits per heavy atom. The predicted molar refractivity (Wildman–Crippen MR) is 79.5 cm³/mol. The zero-order valence-corrected chi connectivity index (χ0v) is 13.2. The standard InChI is InChI=1S/C14H24N2O2S/c1-10(2)9-16(11(3)4)19(17,18)13-7-6-12(5)14(15)8-13/h6-8,10-11H,9,15H2,1-5H3. The second-order valence-corrected chi connectivity index (χ2v) is 7.47. The molecule has 0 unspecified atom stereocenters. The molecule has 0 spiro atoms. The predicted octanol–water partition coefficient (Wildman–Crippen LogP) is 2.63. The van der Waals surface area contributed by atoms with Gasteiger partial charge in [-0.2, -0.15) is 4.31 Å². The molecule has 0 aliphatic heterocycles. The number of aryl methyl sites for hydroxylation is 1. The number of nitrogens with zero attached hydrogens (tertiary/aromatic N) is 1. The van der Waals surface area contributed by atoms with Crippen LogP contribution in [-0.2, 0) is 10.0 Å². The largest absolute Gasteiger partial charge is 0.398 e. The highest BCUT2D eigenvalue weighted by atomic mass is 32.2. The third-order valence-electron chi connectivity index (χ3n) is 2.98. The number of rotatable bonds is 5. The van der Waals surface area contributed by atoms with E-state index in [1.54, 1.807) is 18.2 Å². The van der Waals surface area contributed by atoms with Crippen molar-refractivity contribution in [3.05, 3.63) is 23.8 Å². The quantitative estimate of drug-likeness (QED) is 0.845. The van der Waals surface area contributed by atoms with Crippen molar-refractivity contribution < 1.29 is 8.42 Å². The van der Waals surface area contributed by atoms with Gasteiger partial charge in [0.25, 0.3) is 0 Å². The molecule has 0 amide bonds. The summed E-state index contributed by atoms with van der Waals surface area (Å²) < 4.78 is 26.8. The van der Waals surface area contributed by atoms with Gasteiger partial charge < -0.3 is 5.73 Å². The zero-order valence-electron chi connectivity index (χ0n) is 12.3. The Labute approximate surface area is 116 Å². The number of hydrogen-bond acceptors (Lipinski definition) is 3. The molecule has 4 nitrogen and oxygen atoms in total. The second-order valence-electron chi connectivity index (χ2n) is 5.58. The number of sulfonamides is 1. The molecule has 19 heavy (non-hydrogen) atoms. The molecule has 0 saturated heterocycles. The molecule has 0 bridgehead atoms. The summed E-state index contributed by atoms with van der Waals surface area (Å²) in [6.07, 6.45) is 0. The molecule has 0 aliphatic rings. The highest BCUT2D eigenvalue weighted by Crippen LogP contribution is 2.23. The van der Waals surface area contributed by atoms with Crippen LogP contribution in [0.3, 0.4) is 0 Å². The Kier molecular flexibility index (Phi) is 4.98. The monoisotopic (exact) mass is 284 g/mol. The van der Waals surface area contributed by atoms with Gasteiger partial charge in [-0.15, -0.1) is 0 Å². The number of anilines is 1. The van der Waals surface area contributed by atoms with Crippen LogP contribution in [0.2, 0.25) is 0 Å². The lowest BCUT2D eigenvalue weighted by atomic mass is 10.2. The summed E-state index contributed by atoms with van der Waals surface area (Å²) in [6.45, 7) is 10.2. The lowest BCUT2D eigenvalue weighted by Crippen LogP contribution is -2.39. The van der Waals surface area contributed by atoms with Crippen molar-refractivity contribution in [1.29, 1.82) is 0 Å². The summed E-state index contributed by atoms with van der Waals surface area (Å²) in [7, 11) is -3.48. The number of nitrogen functional groups attached to an aromatic ring is 1. The van der Waals surface area contributed by atoms with Crippen LogP contribution in [0, 0.1) is 12.8 Å². The van der Waals surface area contributed by atoms with Gasteiger partial charge in [0.05, 0.1) is 4.90 Å². The molecule has 1 aromatic rings. The Morgan fingerprint density at radius 1 is 1.21 bits per heavy atom. The van der Waals surface area contributed by atoms with Crippen molar-refractivity contribution in [2.24, 2.45) is 5.92 Å². The maximum Gasteiger partial charge on any atom is 0.243 e. The van der Waals surface area contributed by atoms with Crippen molar-refractivity contribution >= 4 is 15.7 Å². The summed E-state index contributed by atoms with van der Waals surface area (Å²) in [5.74, 6) is 0.278. The van der Waals surface area contributed by atoms with E-state index in [1.807, 2.05) is 34.6 Å². The van der Waals surface area contributed by atoms with Crippen LogP contribution >= 0.6 is 0 Å². The first-order chi connectivity index (χ1) is 8.66. The highest BCUT2D eigenvalue weighted by Gasteiger charge is 2.27. The third kappa shape index (κ3) is 3.70. The van der Waals surface area contributed by atoms with Crippen LogP contribution in [-0.4, -0.2) is 25.3 Å². The summed E-state index contributed by atoms with van der Waals surface area (Å²) >= 11 is 0. The first kappa shape index (κ1) is 16.0. The van der Waals surface area contributed by atoms with Gasteiger partial charge in [0, 0.05) is 18.3 Å². The summed E-state index contributed by atoms with van der Waals surface area (Å²) in [5.41, 5.74) is 7.21. The van der Waals surface area contributed by atoms with E-state index in [1.165, 1.54) is 4.31 Å². The van der Waals surface area contributed by atoms with Gasteiger partial charge in [-0.05, 0) is 44.4 Å². The fourth-order valence-corrected chi connectivity index (χ4v) is 3.70. The van der Waals surface area contributed by atoms with Gasteiger partial charge in [-0.1, -0.05) is 19.9 Å². The molecule has 0 fully saturated rings. The summed E-state index contributed by atoms with van der Waals surface area (Å²) in [6, 6.07) is 4.84. The van der Waals surface area contributed by atoms with E-state index in [9.17, 15) is 8.42 Å². The first-order valence-corrected chi connectivity index (χ1v) is 7.98. The topological polar surface area (TPSA) is 63.4 Å². The molecule has 0 saturated carbocycles. The molecule has 5 heteroatoms. The minimum absolute atomic E-state index is 0.0741. The molecule has 2 N–H and O–H groups in total. The van der Waals surface area contributed by atoms with Gasteiger partial charge in [0.2, 0.25) is 10.0 Å². The fraction of sp³-hybridized carbons (Fsp3) is 0.571. The van der Waals surface area contributed by atoms with Gasteiger partial charge in [-0.25, -0.2) is 8.42 Å². The van der Waals surface area contributed by atoms with E-state index in [0.717, 1.165) is 5.56 Å². The Hall–Kier alpha value is -1.07. The lowest BCUT2D eigenvalue weighted by molar-refractivity contribution is 0.319. The molecule has 0 heterocycles. The van der Waals surface area contributed by atoms with E-state index in [4.69, 9.17) is 5.73 Å². The first-order valence-electron chi connectivity index (χ1n) is 6.54. The molecular weight excluding hydrogens is 260 g/mol. The average Bonchev–Trinajstić information content (AvgIpc) is 2.28. The minimum atomic E-state index is -3.48. The maximum absolute atomic E-state index is 12.6. The molecular formula is C14H24N2O2S. The van der Waals surface area contributed by atoms with Crippen LogP contribution < -0.4 is 5.73 Å². The number of nitrogens with two attached hydrogens (primary N) is 1. The number of benzene rings is 1. The van der Waals surface area contributed by atoms with Crippen molar-refractivity contribution in [2.75, 3.05) is 12.3 Å². The van der Waals surface area contributed by atoms with Crippen LogP contribution in [0.25, 0.3) is 0 Å². The van der Waals surface area contributed by atoms with Gasteiger partial charge in [-0.3, -0.25) is 0 Å². The zero-order chi connectivity index (χ0) is 14.8. The van der Waals surface area contributed by atoms with E-state index in [0.29, 0.717) is 12.2 Å². The van der Waals surface area contributed by atoms with Crippen LogP contribution in [0.1, 0.15) is 33.3 Å². The van der Waals surface area contributed by atoms with Crippen LogP contribution in [0.4, 0.5) is 5.69 Å². The molecule has 0 radical (unpaired) electrons. The van der Waals surface area contributed by atoms with Crippen LogP contribution in [0.15, 0.2) is 23.1 Å². The Morgan fingerprint density at radius 3 is 2.21 bits per heavy atom. The van der Waals surface area contributed by atoms with Gasteiger partial charge >= 0.3 is 0 Å².